The predicted molar refractivity (Wildman–Crippen MR) is 81.4 cm³/mol. The molecular weight excluding hydrogens is 252 g/mol. The smallest absolute Gasteiger partial charge is 0.259 e. The minimum Gasteiger partial charge on any atom is -0.469 e. The number of amides is 1. The van der Waals surface area contributed by atoms with Gasteiger partial charge in [0.05, 0.1) is 11.8 Å². The van der Waals surface area contributed by atoms with E-state index in [1.54, 1.807) is 13.0 Å². The van der Waals surface area contributed by atoms with Crippen molar-refractivity contribution in [2.45, 2.75) is 20.8 Å². The summed E-state index contributed by atoms with van der Waals surface area (Å²) in [6.07, 6.45) is 1.52. The first kappa shape index (κ1) is 14.2. The Labute approximate surface area is 119 Å². The molecule has 0 saturated carbocycles. The zero-order valence-electron chi connectivity index (χ0n) is 12.1. The van der Waals surface area contributed by atoms with Crippen LogP contribution in [0.2, 0.25) is 0 Å². The van der Waals surface area contributed by atoms with Crippen molar-refractivity contribution in [3.8, 4) is 0 Å². The van der Waals surface area contributed by atoms with E-state index in [-0.39, 0.29) is 5.91 Å². The molecule has 106 valence electrons. The van der Waals surface area contributed by atoms with E-state index in [4.69, 9.17) is 4.42 Å². The molecule has 0 saturated heterocycles. The highest BCUT2D eigenvalue weighted by molar-refractivity contribution is 6.04. The number of hydrogen-bond donors (Lipinski definition) is 1. The predicted octanol–water partition coefficient (Wildman–Crippen LogP) is 3.69. The Hall–Kier alpha value is -2.23. The summed E-state index contributed by atoms with van der Waals surface area (Å²) in [4.78, 5) is 14.3. The van der Waals surface area contributed by atoms with Crippen LogP contribution in [0.5, 0.6) is 0 Å². The number of rotatable bonds is 5. The second kappa shape index (κ2) is 6.28. The SMILES string of the molecule is CCN(CC)c1ccc(NC(=O)c2ccoc2C)cc1. The Bertz CT molecular complexity index is 568. The van der Waals surface area contributed by atoms with Crippen LogP contribution in [0.3, 0.4) is 0 Å². The van der Waals surface area contributed by atoms with Gasteiger partial charge in [-0.2, -0.15) is 0 Å². The molecule has 0 spiro atoms. The lowest BCUT2D eigenvalue weighted by atomic mass is 10.2. The standard InChI is InChI=1S/C16H20N2O2/c1-4-18(5-2)14-8-6-13(7-9-14)17-16(19)15-10-11-20-12(15)3/h6-11H,4-5H2,1-3H3,(H,17,19). The lowest BCUT2D eigenvalue weighted by molar-refractivity contribution is 0.102. The maximum absolute atomic E-state index is 12.0. The molecule has 20 heavy (non-hydrogen) atoms. The Kier molecular flexibility index (Phi) is 4.45. The van der Waals surface area contributed by atoms with Gasteiger partial charge in [-0.05, 0) is 51.1 Å². The molecule has 0 atom stereocenters. The molecule has 0 unspecified atom stereocenters. The first-order valence-corrected chi connectivity index (χ1v) is 6.86. The van der Waals surface area contributed by atoms with Gasteiger partial charge in [0, 0.05) is 24.5 Å². The van der Waals surface area contributed by atoms with Crippen molar-refractivity contribution in [1.29, 1.82) is 0 Å². The first-order valence-electron chi connectivity index (χ1n) is 6.86. The summed E-state index contributed by atoms with van der Waals surface area (Å²) in [5.74, 6) is 0.481. The second-order valence-corrected chi connectivity index (χ2v) is 4.56. The van der Waals surface area contributed by atoms with E-state index in [1.807, 2.05) is 24.3 Å². The third kappa shape index (κ3) is 3.02. The number of nitrogens with one attached hydrogen (secondary N) is 1. The van der Waals surface area contributed by atoms with Crippen LogP contribution in [0, 0.1) is 6.92 Å². The summed E-state index contributed by atoms with van der Waals surface area (Å²) in [5.41, 5.74) is 2.51. The summed E-state index contributed by atoms with van der Waals surface area (Å²) in [5, 5.41) is 2.87. The molecular formula is C16H20N2O2. The van der Waals surface area contributed by atoms with Crippen LogP contribution in [-0.2, 0) is 0 Å². The number of benzene rings is 1. The first-order chi connectivity index (χ1) is 9.65. The van der Waals surface area contributed by atoms with E-state index in [1.165, 1.54) is 6.26 Å². The highest BCUT2D eigenvalue weighted by atomic mass is 16.3. The molecule has 0 aliphatic heterocycles. The van der Waals surface area contributed by atoms with Crippen molar-refractivity contribution in [3.05, 3.63) is 47.9 Å². The fraction of sp³-hybridized carbons (Fsp3) is 0.312. The van der Waals surface area contributed by atoms with Gasteiger partial charge in [0.25, 0.3) is 5.91 Å². The molecule has 0 aliphatic rings. The van der Waals surface area contributed by atoms with Gasteiger partial charge in [0.15, 0.2) is 0 Å². The molecule has 4 heteroatoms. The lowest BCUT2D eigenvalue weighted by Gasteiger charge is -2.21. The van der Waals surface area contributed by atoms with E-state index >= 15 is 0 Å². The number of hydrogen-bond acceptors (Lipinski definition) is 3. The largest absolute Gasteiger partial charge is 0.469 e. The van der Waals surface area contributed by atoms with E-state index < -0.39 is 0 Å². The molecule has 1 aromatic carbocycles. The molecule has 1 amide bonds. The fourth-order valence-electron chi connectivity index (χ4n) is 2.16. The number of aryl methyl sites for hydroxylation is 1. The third-order valence-electron chi connectivity index (χ3n) is 3.36. The molecule has 1 heterocycles. The van der Waals surface area contributed by atoms with Crippen molar-refractivity contribution in [1.82, 2.24) is 0 Å². The zero-order valence-corrected chi connectivity index (χ0v) is 12.1. The third-order valence-corrected chi connectivity index (χ3v) is 3.36. The summed E-state index contributed by atoms with van der Waals surface area (Å²) in [6.45, 7) is 7.97. The molecule has 2 aromatic rings. The van der Waals surface area contributed by atoms with Crippen LogP contribution in [0.4, 0.5) is 11.4 Å². The van der Waals surface area contributed by atoms with E-state index in [2.05, 4.69) is 24.1 Å². The normalized spacial score (nSPS) is 10.3. The van der Waals surface area contributed by atoms with Gasteiger partial charge < -0.3 is 14.6 Å². The Balaban J connectivity index is 2.08. The highest BCUT2D eigenvalue weighted by Crippen LogP contribution is 2.19. The van der Waals surface area contributed by atoms with Gasteiger partial charge in [-0.3, -0.25) is 4.79 Å². The number of anilines is 2. The summed E-state index contributed by atoms with van der Waals surface area (Å²) in [7, 11) is 0. The zero-order chi connectivity index (χ0) is 14.5. The Morgan fingerprint density at radius 2 is 1.80 bits per heavy atom. The number of carbonyl (C=O) groups excluding carboxylic acids is 1. The van der Waals surface area contributed by atoms with Crippen molar-refractivity contribution in [3.63, 3.8) is 0 Å². The molecule has 0 radical (unpaired) electrons. The van der Waals surface area contributed by atoms with Gasteiger partial charge in [-0.1, -0.05) is 0 Å². The van der Waals surface area contributed by atoms with Gasteiger partial charge in [-0.15, -0.1) is 0 Å². The number of nitrogens with zero attached hydrogens (tertiary/aromatic N) is 1. The summed E-state index contributed by atoms with van der Waals surface area (Å²) < 4.78 is 5.14. The minimum absolute atomic E-state index is 0.146. The number of furan rings is 1. The average Bonchev–Trinajstić information content (AvgIpc) is 2.88. The van der Waals surface area contributed by atoms with Gasteiger partial charge in [0.2, 0.25) is 0 Å². The molecule has 1 N–H and O–H groups in total. The molecule has 0 fully saturated rings. The van der Waals surface area contributed by atoms with Gasteiger partial charge >= 0.3 is 0 Å². The summed E-state index contributed by atoms with van der Waals surface area (Å²) >= 11 is 0. The molecule has 0 aliphatic carbocycles. The topological polar surface area (TPSA) is 45.5 Å². The van der Waals surface area contributed by atoms with Crippen LogP contribution in [0.15, 0.2) is 41.0 Å². The van der Waals surface area contributed by atoms with E-state index in [0.29, 0.717) is 11.3 Å². The average molecular weight is 272 g/mol. The van der Waals surface area contributed by atoms with Gasteiger partial charge in [0.1, 0.15) is 5.76 Å². The second-order valence-electron chi connectivity index (χ2n) is 4.56. The Morgan fingerprint density at radius 1 is 1.15 bits per heavy atom. The van der Waals surface area contributed by atoms with Crippen molar-refractivity contribution < 1.29 is 9.21 Å². The van der Waals surface area contributed by atoms with E-state index in [9.17, 15) is 4.79 Å². The lowest BCUT2D eigenvalue weighted by Crippen LogP contribution is -2.21. The van der Waals surface area contributed by atoms with Crippen molar-refractivity contribution in [2.75, 3.05) is 23.3 Å². The maximum atomic E-state index is 12.0. The minimum atomic E-state index is -0.146. The van der Waals surface area contributed by atoms with Crippen LogP contribution in [0.1, 0.15) is 30.0 Å². The molecule has 2 rings (SSSR count). The van der Waals surface area contributed by atoms with E-state index in [0.717, 1.165) is 24.5 Å². The monoisotopic (exact) mass is 272 g/mol. The van der Waals surface area contributed by atoms with Crippen molar-refractivity contribution in [2.24, 2.45) is 0 Å². The number of carbonyl (C=O) groups is 1. The quantitative estimate of drug-likeness (QED) is 0.903. The molecule has 0 bridgehead atoms. The summed E-state index contributed by atoms with van der Waals surface area (Å²) in [6, 6.07) is 9.55. The van der Waals surface area contributed by atoms with Gasteiger partial charge in [-0.25, -0.2) is 0 Å². The van der Waals surface area contributed by atoms with Crippen LogP contribution < -0.4 is 10.2 Å². The van der Waals surface area contributed by atoms with Crippen LogP contribution in [-0.4, -0.2) is 19.0 Å². The molecule has 4 nitrogen and oxygen atoms in total. The maximum Gasteiger partial charge on any atom is 0.259 e. The highest BCUT2D eigenvalue weighted by Gasteiger charge is 2.11. The van der Waals surface area contributed by atoms with Crippen LogP contribution >= 0.6 is 0 Å². The van der Waals surface area contributed by atoms with Crippen LogP contribution in [0.25, 0.3) is 0 Å². The molecule has 1 aromatic heterocycles. The Morgan fingerprint density at radius 3 is 2.30 bits per heavy atom. The van der Waals surface area contributed by atoms with Crippen molar-refractivity contribution >= 4 is 17.3 Å². The fourth-order valence-corrected chi connectivity index (χ4v) is 2.16.